The van der Waals surface area contributed by atoms with Gasteiger partial charge in [0.1, 0.15) is 12.3 Å². The van der Waals surface area contributed by atoms with Crippen LogP contribution >= 0.6 is 0 Å². The largest absolute Gasteiger partial charge is 0.474 e. The molecule has 2 aliphatic heterocycles. The zero-order valence-electron chi connectivity index (χ0n) is 17.2. The fourth-order valence-electron chi connectivity index (χ4n) is 3.82. The Hall–Kier alpha value is -3.72. The van der Waals surface area contributed by atoms with Gasteiger partial charge in [0.2, 0.25) is 17.7 Å². The van der Waals surface area contributed by atoms with Gasteiger partial charge in [-0.3, -0.25) is 9.69 Å². The molecule has 0 radical (unpaired) electrons. The molecule has 5 rings (SSSR count). The van der Waals surface area contributed by atoms with Gasteiger partial charge < -0.3 is 20.7 Å². The molecule has 9 nitrogen and oxygen atoms in total. The van der Waals surface area contributed by atoms with E-state index < -0.39 is 0 Å². The van der Waals surface area contributed by atoms with Crippen molar-refractivity contribution in [2.24, 2.45) is 5.73 Å². The molecule has 31 heavy (non-hydrogen) atoms. The number of nitrogens with one attached hydrogen (secondary N) is 1. The van der Waals surface area contributed by atoms with E-state index in [1.807, 2.05) is 37.4 Å². The summed E-state index contributed by atoms with van der Waals surface area (Å²) in [5.41, 5.74) is 10.4. The first-order valence-corrected chi connectivity index (χ1v) is 10.2. The van der Waals surface area contributed by atoms with Gasteiger partial charge in [-0.25, -0.2) is 15.0 Å². The molecule has 3 N–H and O–H groups in total. The molecule has 1 atom stereocenters. The number of likely N-dealkylation sites (N-methyl/N-ethyl adjacent to an activating group) is 1. The van der Waals surface area contributed by atoms with Gasteiger partial charge in [0, 0.05) is 37.1 Å². The summed E-state index contributed by atoms with van der Waals surface area (Å²) in [6.45, 7) is 1.45. The molecule has 1 unspecified atom stereocenters. The molecule has 2 aromatic heterocycles. The lowest BCUT2D eigenvalue weighted by Crippen LogP contribution is -2.39. The summed E-state index contributed by atoms with van der Waals surface area (Å²) in [4.78, 5) is 29.0. The number of amides is 1. The number of hydrogen-bond acceptors (Lipinski definition) is 8. The molecular formula is C22H23N7O2. The SMILES string of the molecule is CN1CCOc2ncc(Nc3ncc(-c4ccc(N5C(=O)CCC5N)cc4)cn3)cc21. The van der Waals surface area contributed by atoms with Crippen molar-refractivity contribution in [1.82, 2.24) is 15.0 Å². The summed E-state index contributed by atoms with van der Waals surface area (Å²) >= 11 is 0. The molecular weight excluding hydrogens is 394 g/mol. The maximum Gasteiger partial charge on any atom is 0.237 e. The van der Waals surface area contributed by atoms with Crippen molar-refractivity contribution >= 4 is 28.9 Å². The number of ether oxygens (including phenoxy) is 1. The van der Waals surface area contributed by atoms with E-state index in [1.165, 1.54) is 0 Å². The van der Waals surface area contributed by atoms with E-state index in [-0.39, 0.29) is 12.1 Å². The Morgan fingerprint density at radius 2 is 1.87 bits per heavy atom. The van der Waals surface area contributed by atoms with Gasteiger partial charge in [-0.2, -0.15) is 0 Å². The number of carbonyl (C=O) groups is 1. The summed E-state index contributed by atoms with van der Waals surface area (Å²) in [5.74, 6) is 1.18. The topological polar surface area (TPSA) is 110 Å². The molecule has 158 valence electrons. The number of carbonyl (C=O) groups excluding carboxylic acids is 1. The van der Waals surface area contributed by atoms with Crippen molar-refractivity contribution in [3.8, 4) is 17.0 Å². The molecule has 0 saturated carbocycles. The highest BCUT2D eigenvalue weighted by molar-refractivity contribution is 5.96. The van der Waals surface area contributed by atoms with Crippen LogP contribution in [0.4, 0.5) is 23.0 Å². The summed E-state index contributed by atoms with van der Waals surface area (Å²) in [6, 6.07) is 9.68. The number of rotatable bonds is 4. The van der Waals surface area contributed by atoms with Crippen molar-refractivity contribution < 1.29 is 9.53 Å². The van der Waals surface area contributed by atoms with Crippen LogP contribution in [0.25, 0.3) is 11.1 Å². The normalized spacial score (nSPS) is 18.0. The van der Waals surface area contributed by atoms with Crippen molar-refractivity contribution in [2.45, 2.75) is 19.0 Å². The first-order chi connectivity index (χ1) is 15.1. The Morgan fingerprint density at radius 1 is 1.10 bits per heavy atom. The van der Waals surface area contributed by atoms with Gasteiger partial charge in [0.25, 0.3) is 0 Å². The van der Waals surface area contributed by atoms with Gasteiger partial charge in [-0.15, -0.1) is 0 Å². The molecule has 1 fully saturated rings. The number of benzene rings is 1. The van der Waals surface area contributed by atoms with Crippen LogP contribution in [-0.4, -0.2) is 47.2 Å². The zero-order chi connectivity index (χ0) is 21.4. The first-order valence-electron chi connectivity index (χ1n) is 10.2. The van der Waals surface area contributed by atoms with Gasteiger partial charge >= 0.3 is 0 Å². The second-order valence-electron chi connectivity index (χ2n) is 7.66. The fourth-order valence-corrected chi connectivity index (χ4v) is 3.82. The fraction of sp³-hybridized carbons (Fsp3) is 0.273. The standard InChI is InChI=1S/C22H23N7O2/c1-28-8-9-31-21-18(28)10-16(13-24-21)27-22-25-11-15(12-26-22)14-2-4-17(5-3-14)29-19(23)6-7-20(29)30/h2-5,10-13,19H,6-9,23H2,1H3,(H,25,26,27). The molecule has 0 aliphatic carbocycles. The van der Waals surface area contributed by atoms with E-state index in [0.717, 1.165) is 34.7 Å². The van der Waals surface area contributed by atoms with Crippen LogP contribution in [0, 0.1) is 0 Å². The van der Waals surface area contributed by atoms with E-state index >= 15 is 0 Å². The monoisotopic (exact) mass is 417 g/mol. The van der Waals surface area contributed by atoms with Crippen LogP contribution < -0.4 is 25.6 Å². The van der Waals surface area contributed by atoms with Crippen molar-refractivity contribution in [1.29, 1.82) is 0 Å². The average Bonchev–Trinajstić information content (AvgIpc) is 3.13. The Balaban J connectivity index is 1.30. The molecule has 3 aromatic rings. The molecule has 9 heteroatoms. The lowest BCUT2D eigenvalue weighted by molar-refractivity contribution is -0.117. The maximum absolute atomic E-state index is 12.0. The number of aromatic nitrogens is 3. The van der Waals surface area contributed by atoms with E-state index in [1.54, 1.807) is 23.5 Å². The van der Waals surface area contributed by atoms with Crippen LogP contribution in [0.2, 0.25) is 0 Å². The first kappa shape index (κ1) is 19.3. The van der Waals surface area contributed by atoms with E-state index in [9.17, 15) is 4.79 Å². The highest BCUT2D eigenvalue weighted by Crippen LogP contribution is 2.31. The van der Waals surface area contributed by atoms with Crippen molar-refractivity contribution in [3.05, 3.63) is 48.9 Å². The molecule has 2 aliphatic rings. The molecule has 4 heterocycles. The predicted molar refractivity (Wildman–Crippen MR) is 118 cm³/mol. The number of nitrogens with zero attached hydrogens (tertiary/aromatic N) is 5. The summed E-state index contributed by atoms with van der Waals surface area (Å²) in [6.07, 6.45) is 6.16. The third kappa shape index (κ3) is 3.75. The van der Waals surface area contributed by atoms with E-state index in [2.05, 4.69) is 25.2 Å². The summed E-state index contributed by atoms with van der Waals surface area (Å²) < 4.78 is 5.58. The smallest absolute Gasteiger partial charge is 0.237 e. The van der Waals surface area contributed by atoms with E-state index in [4.69, 9.17) is 10.5 Å². The van der Waals surface area contributed by atoms with Crippen LogP contribution in [0.3, 0.4) is 0 Å². The van der Waals surface area contributed by atoms with Crippen LogP contribution in [0.15, 0.2) is 48.9 Å². The average molecular weight is 417 g/mol. The maximum atomic E-state index is 12.0. The molecule has 1 saturated heterocycles. The van der Waals surface area contributed by atoms with Gasteiger partial charge in [-0.05, 0) is 30.2 Å². The van der Waals surface area contributed by atoms with Crippen LogP contribution in [0.5, 0.6) is 5.88 Å². The van der Waals surface area contributed by atoms with Crippen LogP contribution in [0.1, 0.15) is 12.8 Å². The Kier molecular flexibility index (Phi) is 4.87. The zero-order valence-corrected chi connectivity index (χ0v) is 17.2. The summed E-state index contributed by atoms with van der Waals surface area (Å²) in [5, 5.41) is 3.18. The lowest BCUT2D eigenvalue weighted by atomic mass is 10.1. The van der Waals surface area contributed by atoms with Gasteiger partial charge in [0.15, 0.2) is 0 Å². The minimum atomic E-state index is -0.253. The number of fused-ring (bicyclic) bond motifs is 1. The number of anilines is 4. The van der Waals surface area contributed by atoms with Gasteiger partial charge in [-0.1, -0.05) is 12.1 Å². The Morgan fingerprint density at radius 3 is 2.58 bits per heavy atom. The highest BCUT2D eigenvalue weighted by atomic mass is 16.5. The summed E-state index contributed by atoms with van der Waals surface area (Å²) in [7, 11) is 2.01. The molecule has 0 bridgehead atoms. The number of nitrogens with two attached hydrogens (primary N) is 1. The van der Waals surface area contributed by atoms with Gasteiger partial charge in [0.05, 0.1) is 24.6 Å². The second-order valence-corrected chi connectivity index (χ2v) is 7.66. The van der Waals surface area contributed by atoms with Crippen molar-refractivity contribution in [3.63, 3.8) is 0 Å². The third-order valence-corrected chi connectivity index (χ3v) is 5.55. The molecule has 0 spiro atoms. The van der Waals surface area contributed by atoms with E-state index in [0.29, 0.717) is 31.3 Å². The number of pyridine rings is 1. The Labute approximate surface area is 179 Å². The highest BCUT2D eigenvalue weighted by Gasteiger charge is 2.29. The quantitative estimate of drug-likeness (QED) is 0.666. The number of hydrogen-bond donors (Lipinski definition) is 2. The van der Waals surface area contributed by atoms with Crippen LogP contribution in [-0.2, 0) is 4.79 Å². The lowest BCUT2D eigenvalue weighted by Gasteiger charge is -2.26. The predicted octanol–water partition coefficient (Wildman–Crippen LogP) is 2.52. The second kappa shape index (κ2) is 7.84. The molecule has 1 aromatic carbocycles. The minimum Gasteiger partial charge on any atom is -0.474 e. The molecule has 1 amide bonds. The Bertz CT molecular complexity index is 1100. The van der Waals surface area contributed by atoms with Crippen molar-refractivity contribution in [2.75, 3.05) is 35.3 Å². The minimum absolute atomic E-state index is 0.0634. The third-order valence-electron chi connectivity index (χ3n) is 5.55.